The summed E-state index contributed by atoms with van der Waals surface area (Å²) < 4.78 is 22.6. The third-order valence-corrected chi connectivity index (χ3v) is 11.2. The van der Waals surface area contributed by atoms with Crippen LogP contribution in [0.4, 0.5) is 0 Å². The van der Waals surface area contributed by atoms with Crippen LogP contribution in [0.25, 0.3) is 0 Å². The molecule has 58 heavy (non-hydrogen) atoms. The van der Waals surface area contributed by atoms with Crippen LogP contribution in [0.15, 0.2) is 24.3 Å². The molecule has 2 heterocycles. The van der Waals surface area contributed by atoms with Crippen LogP contribution in [-0.4, -0.2) is 140 Å². The molecule has 2 rings (SSSR count). The molecule has 14 nitrogen and oxygen atoms in total. The zero-order valence-electron chi connectivity index (χ0n) is 35.5. The van der Waals surface area contributed by atoms with E-state index in [2.05, 4.69) is 43.5 Å². The lowest BCUT2D eigenvalue weighted by molar-refractivity contribution is -0.359. The first-order chi connectivity index (χ1) is 28.1. The highest BCUT2D eigenvalue weighted by molar-refractivity contribution is 5.76. The maximum absolute atomic E-state index is 13.1. The summed E-state index contributed by atoms with van der Waals surface area (Å²) in [5.41, 5.74) is 0. The fourth-order valence-electron chi connectivity index (χ4n) is 7.38. The van der Waals surface area contributed by atoms with Gasteiger partial charge in [0, 0.05) is 6.42 Å². The zero-order valence-corrected chi connectivity index (χ0v) is 35.5. The van der Waals surface area contributed by atoms with E-state index in [9.17, 15) is 45.6 Å². The van der Waals surface area contributed by atoms with E-state index in [0.29, 0.717) is 12.8 Å². The number of aliphatic hydroxyl groups is 8. The minimum absolute atomic E-state index is 0.225. The summed E-state index contributed by atoms with van der Waals surface area (Å²) in [7, 11) is 0. The van der Waals surface area contributed by atoms with Crippen molar-refractivity contribution >= 4 is 5.91 Å². The van der Waals surface area contributed by atoms with Crippen LogP contribution in [-0.2, 0) is 23.7 Å². The maximum Gasteiger partial charge on any atom is 0.220 e. The van der Waals surface area contributed by atoms with Gasteiger partial charge in [0.25, 0.3) is 0 Å². The van der Waals surface area contributed by atoms with Gasteiger partial charge in [0.15, 0.2) is 12.6 Å². The highest BCUT2D eigenvalue weighted by atomic mass is 16.7. The molecular weight excluding hydrogens is 750 g/mol. The molecule has 2 aliphatic heterocycles. The van der Waals surface area contributed by atoms with Gasteiger partial charge in [0.05, 0.1) is 32.0 Å². The average molecular weight is 832 g/mol. The molecule has 14 heteroatoms. The van der Waals surface area contributed by atoms with Crippen molar-refractivity contribution in [1.29, 1.82) is 0 Å². The predicted molar refractivity (Wildman–Crippen MR) is 221 cm³/mol. The Labute approximate surface area is 348 Å². The molecule has 0 radical (unpaired) electrons. The highest BCUT2D eigenvalue weighted by Crippen LogP contribution is 2.30. The van der Waals surface area contributed by atoms with Crippen LogP contribution in [0.5, 0.6) is 0 Å². The number of unbranched alkanes of at least 4 members (excludes halogenated alkanes) is 16. The van der Waals surface area contributed by atoms with Gasteiger partial charge in [-0.2, -0.15) is 0 Å². The minimum Gasteiger partial charge on any atom is -0.394 e. The molecule has 0 aromatic rings. The van der Waals surface area contributed by atoms with Crippen molar-refractivity contribution in [2.24, 2.45) is 0 Å². The topological polar surface area (TPSA) is 228 Å². The van der Waals surface area contributed by atoms with Crippen molar-refractivity contribution in [2.75, 3.05) is 19.8 Å². The molecule has 340 valence electrons. The molecule has 9 N–H and O–H groups in total. The Morgan fingerprint density at radius 2 is 1.14 bits per heavy atom. The SMILES string of the molecule is CCCCC/C=C\C/C=C\CCCCCCCC(=O)NC(COC1OC(CO)C(OC2OC(CO)C(O)C(O)C2O)C(O)C1O)C(O)CCCCCCCCCCC. The number of hydrogen-bond acceptors (Lipinski definition) is 13. The molecule has 2 aliphatic rings. The molecule has 0 bridgehead atoms. The maximum atomic E-state index is 13.1. The highest BCUT2D eigenvalue weighted by Gasteiger charge is 2.51. The van der Waals surface area contributed by atoms with E-state index in [-0.39, 0.29) is 18.9 Å². The molecule has 0 spiro atoms. The third kappa shape index (κ3) is 20.4. The van der Waals surface area contributed by atoms with Crippen molar-refractivity contribution in [1.82, 2.24) is 5.32 Å². The van der Waals surface area contributed by atoms with E-state index in [1.54, 1.807) is 0 Å². The van der Waals surface area contributed by atoms with E-state index >= 15 is 0 Å². The summed E-state index contributed by atoms with van der Waals surface area (Å²) in [5, 5.41) is 86.4. The molecule has 1 amide bonds. The molecule has 12 atom stereocenters. The molecule has 0 aromatic carbocycles. The Balaban J connectivity index is 1.88. The van der Waals surface area contributed by atoms with Crippen LogP contribution in [0.2, 0.25) is 0 Å². The molecule has 0 aliphatic carbocycles. The van der Waals surface area contributed by atoms with Gasteiger partial charge in [-0.1, -0.05) is 128 Å². The largest absolute Gasteiger partial charge is 0.394 e. The van der Waals surface area contributed by atoms with Gasteiger partial charge in [-0.05, 0) is 44.9 Å². The van der Waals surface area contributed by atoms with Gasteiger partial charge < -0.3 is 65.1 Å². The van der Waals surface area contributed by atoms with E-state index in [1.807, 2.05) is 0 Å². The Kier molecular flexibility index (Phi) is 29.2. The van der Waals surface area contributed by atoms with Gasteiger partial charge in [-0.25, -0.2) is 0 Å². The van der Waals surface area contributed by atoms with Crippen LogP contribution in [0.3, 0.4) is 0 Å². The number of ether oxygens (including phenoxy) is 4. The summed E-state index contributed by atoms with van der Waals surface area (Å²) in [6.07, 6.45) is 14.8. The summed E-state index contributed by atoms with van der Waals surface area (Å²) in [6.45, 7) is 2.75. The van der Waals surface area contributed by atoms with Crippen LogP contribution in [0, 0.1) is 0 Å². The fraction of sp³-hybridized carbons (Fsp3) is 0.886. The number of nitrogens with one attached hydrogen (secondary N) is 1. The lowest BCUT2D eigenvalue weighted by Gasteiger charge is -2.46. The number of hydrogen-bond donors (Lipinski definition) is 9. The molecule has 0 saturated carbocycles. The Bertz CT molecular complexity index is 1080. The van der Waals surface area contributed by atoms with Gasteiger partial charge in [-0.15, -0.1) is 0 Å². The van der Waals surface area contributed by atoms with Crippen molar-refractivity contribution in [3.05, 3.63) is 24.3 Å². The molecule has 0 aromatic heterocycles. The first-order valence-electron chi connectivity index (χ1n) is 22.6. The molecule has 2 saturated heterocycles. The number of aliphatic hydroxyl groups excluding tert-OH is 8. The number of carbonyl (C=O) groups excluding carboxylic acids is 1. The smallest absolute Gasteiger partial charge is 0.220 e. The van der Waals surface area contributed by atoms with Crippen molar-refractivity contribution in [3.8, 4) is 0 Å². The second-order valence-electron chi connectivity index (χ2n) is 16.2. The first kappa shape index (κ1) is 52.6. The molecular formula is C44H81NO13. The normalized spacial score (nSPS) is 29.0. The van der Waals surface area contributed by atoms with Gasteiger partial charge in [-0.3, -0.25) is 4.79 Å². The summed E-state index contributed by atoms with van der Waals surface area (Å²) in [5.74, 6) is -0.225. The quantitative estimate of drug-likeness (QED) is 0.0334. The van der Waals surface area contributed by atoms with E-state index in [1.165, 1.54) is 51.4 Å². The average Bonchev–Trinajstić information content (AvgIpc) is 3.22. The van der Waals surface area contributed by atoms with E-state index in [4.69, 9.17) is 18.9 Å². The monoisotopic (exact) mass is 832 g/mol. The fourth-order valence-corrected chi connectivity index (χ4v) is 7.38. The standard InChI is InChI=1S/C44H81NO13/c1-3-5-7-9-11-13-14-15-16-17-18-20-22-24-26-28-36(49)45-32(33(48)27-25-23-21-19-12-10-8-6-4-2)31-55-43-41(54)39(52)42(35(30-47)57-43)58-44-40(53)38(51)37(50)34(29-46)56-44/h11,13,15-16,32-35,37-44,46-48,50-54H,3-10,12,14,17-31H2,1-2H3,(H,45,49)/b13-11-,16-15-. The minimum atomic E-state index is -1.78. The van der Waals surface area contributed by atoms with Crippen LogP contribution < -0.4 is 5.32 Å². The Morgan fingerprint density at radius 3 is 1.76 bits per heavy atom. The van der Waals surface area contributed by atoms with Crippen LogP contribution >= 0.6 is 0 Å². The lowest BCUT2D eigenvalue weighted by atomic mass is 9.97. The number of carbonyl (C=O) groups is 1. The Hall–Kier alpha value is -1.53. The van der Waals surface area contributed by atoms with E-state index in [0.717, 1.165) is 70.6 Å². The Morgan fingerprint density at radius 1 is 0.621 bits per heavy atom. The van der Waals surface area contributed by atoms with Crippen molar-refractivity contribution < 1.29 is 64.6 Å². The predicted octanol–water partition coefficient (Wildman–Crippen LogP) is 4.21. The summed E-state index contributed by atoms with van der Waals surface area (Å²) in [4.78, 5) is 13.1. The van der Waals surface area contributed by atoms with Crippen molar-refractivity contribution in [2.45, 2.75) is 229 Å². The van der Waals surface area contributed by atoms with Gasteiger partial charge >= 0.3 is 0 Å². The first-order valence-corrected chi connectivity index (χ1v) is 22.6. The number of rotatable bonds is 33. The second kappa shape index (κ2) is 32.2. The van der Waals surface area contributed by atoms with E-state index < -0.39 is 86.8 Å². The third-order valence-electron chi connectivity index (χ3n) is 11.2. The number of amides is 1. The summed E-state index contributed by atoms with van der Waals surface area (Å²) >= 11 is 0. The molecule has 2 fully saturated rings. The lowest BCUT2D eigenvalue weighted by Crippen LogP contribution is -2.65. The van der Waals surface area contributed by atoms with Gasteiger partial charge in [0.2, 0.25) is 5.91 Å². The second-order valence-corrected chi connectivity index (χ2v) is 16.2. The molecule has 12 unspecified atom stereocenters. The summed E-state index contributed by atoms with van der Waals surface area (Å²) in [6, 6.07) is -0.830. The number of allylic oxidation sites excluding steroid dienone is 4. The zero-order chi connectivity index (χ0) is 42.5. The van der Waals surface area contributed by atoms with Crippen molar-refractivity contribution in [3.63, 3.8) is 0 Å². The van der Waals surface area contributed by atoms with Crippen LogP contribution in [0.1, 0.15) is 155 Å². The van der Waals surface area contributed by atoms with Gasteiger partial charge in [0.1, 0.15) is 48.8 Å².